The average molecular weight is 234 g/mol. The van der Waals surface area contributed by atoms with Gasteiger partial charge in [-0.3, -0.25) is 0 Å². The Balaban J connectivity index is 2.13. The Morgan fingerprint density at radius 2 is 2.00 bits per heavy atom. The van der Waals surface area contributed by atoms with E-state index in [1.165, 1.54) is 15.6 Å². The van der Waals surface area contributed by atoms with Gasteiger partial charge in [0.1, 0.15) is 0 Å². The predicted octanol–water partition coefficient (Wildman–Crippen LogP) is 3.03. The van der Waals surface area contributed by atoms with Gasteiger partial charge in [0.15, 0.2) is 0 Å². The Labute approximate surface area is 100 Å². The highest BCUT2D eigenvalue weighted by atomic mass is 32.1. The van der Waals surface area contributed by atoms with Gasteiger partial charge in [0.05, 0.1) is 0 Å². The van der Waals surface area contributed by atoms with Crippen molar-refractivity contribution < 1.29 is 0 Å². The number of nitrogens with two attached hydrogens (primary N) is 2. The molecule has 0 aliphatic heterocycles. The van der Waals surface area contributed by atoms with Crippen molar-refractivity contribution in [2.75, 3.05) is 6.54 Å². The quantitative estimate of drug-likeness (QED) is 0.781. The summed E-state index contributed by atoms with van der Waals surface area (Å²) in [6, 6.07) is 8.61. The van der Waals surface area contributed by atoms with Crippen molar-refractivity contribution in [3.8, 4) is 0 Å². The van der Waals surface area contributed by atoms with Gasteiger partial charge in [-0.15, -0.1) is 11.3 Å². The minimum Gasteiger partial charge on any atom is -0.330 e. The van der Waals surface area contributed by atoms with Gasteiger partial charge in [0.25, 0.3) is 0 Å². The van der Waals surface area contributed by atoms with Gasteiger partial charge < -0.3 is 11.5 Å². The topological polar surface area (TPSA) is 52.0 Å². The minimum atomic E-state index is 0.155. The highest BCUT2D eigenvalue weighted by molar-refractivity contribution is 7.17. The third kappa shape index (κ3) is 2.43. The number of rotatable bonds is 5. The summed E-state index contributed by atoms with van der Waals surface area (Å²) in [5, 5.41) is 3.50. The first-order valence-electron chi connectivity index (χ1n) is 5.74. The summed E-state index contributed by atoms with van der Waals surface area (Å²) in [5.41, 5.74) is 13.0. The summed E-state index contributed by atoms with van der Waals surface area (Å²) in [4.78, 5) is 0. The molecule has 0 amide bonds. The van der Waals surface area contributed by atoms with E-state index in [1.807, 2.05) is 0 Å². The van der Waals surface area contributed by atoms with E-state index >= 15 is 0 Å². The predicted molar refractivity (Wildman–Crippen MR) is 71.7 cm³/mol. The van der Waals surface area contributed by atoms with Crippen molar-refractivity contribution in [2.24, 2.45) is 11.5 Å². The molecule has 1 atom stereocenters. The summed E-state index contributed by atoms with van der Waals surface area (Å²) < 4.78 is 1.33. The first-order chi connectivity index (χ1) is 7.83. The molecule has 2 aromatic rings. The maximum atomic E-state index is 6.21. The number of hydrogen-bond acceptors (Lipinski definition) is 3. The standard InChI is InChI=1S/C13H18N2S/c14-8-4-3-6-12(15)11-9-16-13-7-2-1-5-10(11)13/h1-2,5,7,9,12H,3-4,6,8,14-15H2/t12-/m0/s1. The molecule has 0 radical (unpaired) electrons. The number of fused-ring (bicyclic) bond motifs is 1. The minimum absolute atomic E-state index is 0.155. The second-order valence-electron chi connectivity index (χ2n) is 4.08. The Morgan fingerprint density at radius 1 is 1.19 bits per heavy atom. The van der Waals surface area contributed by atoms with Crippen LogP contribution in [0.1, 0.15) is 30.9 Å². The van der Waals surface area contributed by atoms with Gasteiger partial charge in [-0.1, -0.05) is 24.6 Å². The first-order valence-corrected chi connectivity index (χ1v) is 6.62. The maximum absolute atomic E-state index is 6.21. The zero-order valence-corrected chi connectivity index (χ0v) is 10.2. The molecule has 4 N–H and O–H groups in total. The normalized spacial score (nSPS) is 13.1. The molecule has 0 saturated heterocycles. The van der Waals surface area contributed by atoms with Crippen LogP contribution in [0.4, 0.5) is 0 Å². The van der Waals surface area contributed by atoms with Gasteiger partial charge in [0, 0.05) is 10.7 Å². The zero-order valence-electron chi connectivity index (χ0n) is 9.36. The number of benzene rings is 1. The largest absolute Gasteiger partial charge is 0.330 e. The van der Waals surface area contributed by atoms with E-state index in [0.717, 1.165) is 25.8 Å². The Bertz CT molecular complexity index is 450. The first kappa shape index (κ1) is 11.6. The van der Waals surface area contributed by atoms with Crippen LogP contribution < -0.4 is 11.5 Å². The second kappa shape index (κ2) is 5.43. The van der Waals surface area contributed by atoms with Crippen molar-refractivity contribution in [3.05, 3.63) is 35.2 Å². The fourth-order valence-corrected chi connectivity index (χ4v) is 2.98. The van der Waals surface area contributed by atoms with E-state index in [1.54, 1.807) is 11.3 Å². The fourth-order valence-electron chi connectivity index (χ4n) is 1.95. The lowest BCUT2D eigenvalue weighted by molar-refractivity contribution is 0.595. The molecule has 0 fully saturated rings. The van der Waals surface area contributed by atoms with E-state index in [0.29, 0.717) is 0 Å². The second-order valence-corrected chi connectivity index (χ2v) is 4.99. The average Bonchev–Trinajstić information content (AvgIpc) is 2.73. The third-order valence-corrected chi connectivity index (χ3v) is 3.86. The molecule has 0 spiro atoms. The smallest absolute Gasteiger partial charge is 0.0346 e. The molecular formula is C13H18N2S. The number of unbranched alkanes of at least 4 members (excludes halogenated alkanes) is 1. The van der Waals surface area contributed by atoms with Crippen LogP contribution in [0.3, 0.4) is 0 Å². The van der Waals surface area contributed by atoms with Crippen molar-refractivity contribution in [1.82, 2.24) is 0 Å². The SMILES string of the molecule is NCCCC[C@H](N)c1csc2ccccc12. The number of thiophene rings is 1. The van der Waals surface area contributed by atoms with Gasteiger partial charge in [-0.05, 0) is 41.8 Å². The van der Waals surface area contributed by atoms with Crippen LogP contribution in [0.25, 0.3) is 10.1 Å². The van der Waals surface area contributed by atoms with Gasteiger partial charge in [-0.2, -0.15) is 0 Å². The molecule has 0 aliphatic rings. The summed E-state index contributed by atoms with van der Waals surface area (Å²) in [5.74, 6) is 0. The van der Waals surface area contributed by atoms with Crippen LogP contribution in [-0.2, 0) is 0 Å². The molecule has 1 aromatic heterocycles. The molecule has 1 aromatic carbocycles. The Kier molecular flexibility index (Phi) is 3.93. The summed E-state index contributed by atoms with van der Waals surface area (Å²) in [6.45, 7) is 0.761. The van der Waals surface area contributed by atoms with Gasteiger partial charge in [-0.25, -0.2) is 0 Å². The van der Waals surface area contributed by atoms with E-state index < -0.39 is 0 Å². The van der Waals surface area contributed by atoms with Crippen LogP contribution in [0, 0.1) is 0 Å². The molecule has 16 heavy (non-hydrogen) atoms. The van der Waals surface area contributed by atoms with Crippen LogP contribution in [0.15, 0.2) is 29.6 Å². The molecule has 2 rings (SSSR count). The zero-order chi connectivity index (χ0) is 11.4. The molecular weight excluding hydrogens is 216 g/mol. The van der Waals surface area contributed by atoms with Crippen molar-refractivity contribution >= 4 is 21.4 Å². The highest BCUT2D eigenvalue weighted by Crippen LogP contribution is 2.30. The van der Waals surface area contributed by atoms with E-state index in [9.17, 15) is 0 Å². The third-order valence-electron chi connectivity index (χ3n) is 2.88. The molecule has 0 aliphatic carbocycles. The molecule has 86 valence electrons. The summed E-state index contributed by atoms with van der Waals surface area (Å²) >= 11 is 1.78. The van der Waals surface area contributed by atoms with Crippen LogP contribution in [0.2, 0.25) is 0 Å². The molecule has 0 unspecified atom stereocenters. The molecule has 1 heterocycles. The van der Waals surface area contributed by atoms with E-state index in [2.05, 4.69) is 29.6 Å². The van der Waals surface area contributed by atoms with Crippen LogP contribution >= 0.6 is 11.3 Å². The van der Waals surface area contributed by atoms with Crippen LogP contribution in [-0.4, -0.2) is 6.54 Å². The Hall–Kier alpha value is -0.900. The maximum Gasteiger partial charge on any atom is 0.0346 e. The van der Waals surface area contributed by atoms with Gasteiger partial charge >= 0.3 is 0 Å². The number of hydrogen-bond donors (Lipinski definition) is 2. The molecule has 0 saturated carbocycles. The summed E-state index contributed by atoms with van der Waals surface area (Å²) in [7, 11) is 0. The lowest BCUT2D eigenvalue weighted by Crippen LogP contribution is -2.10. The molecule has 3 heteroatoms. The van der Waals surface area contributed by atoms with E-state index in [4.69, 9.17) is 11.5 Å². The monoisotopic (exact) mass is 234 g/mol. The Morgan fingerprint density at radius 3 is 2.81 bits per heavy atom. The van der Waals surface area contributed by atoms with Crippen molar-refractivity contribution in [2.45, 2.75) is 25.3 Å². The fraction of sp³-hybridized carbons (Fsp3) is 0.385. The summed E-state index contributed by atoms with van der Waals surface area (Å²) in [6.07, 6.45) is 3.20. The van der Waals surface area contributed by atoms with Crippen LogP contribution in [0.5, 0.6) is 0 Å². The van der Waals surface area contributed by atoms with Crippen molar-refractivity contribution in [3.63, 3.8) is 0 Å². The molecule has 0 bridgehead atoms. The lowest BCUT2D eigenvalue weighted by Gasteiger charge is -2.10. The van der Waals surface area contributed by atoms with Gasteiger partial charge in [0.2, 0.25) is 0 Å². The molecule has 2 nitrogen and oxygen atoms in total. The highest BCUT2D eigenvalue weighted by Gasteiger charge is 2.10. The lowest BCUT2D eigenvalue weighted by atomic mass is 10.0. The van der Waals surface area contributed by atoms with Crippen molar-refractivity contribution in [1.29, 1.82) is 0 Å². The van der Waals surface area contributed by atoms with E-state index in [-0.39, 0.29) is 6.04 Å².